The van der Waals surface area contributed by atoms with Crippen molar-refractivity contribution in [2.75, 3.05) is 24.4 Å². The molecule has 2 fully saturated rings. The molecule has 0 bridgehead atoms. The smallest absolute Gasteiger partial charge is 0.341 e. The Balaban J connectivity index is 1.51. The molecule has 4 N–H and O–H groups in total. The number of rotatable bonds is 8. The van der Waals surface area contributed by atoms with Crippen molar-refractivity contribution in [1.29, 1.82) is 0 Å². The first-order chi connectivity index (χ1) is 17.1. The van der Waals surface area contributed by atoms with Gasteiger partial charge in [-0.1, -0.05) is 13.0 Å². The predicted molar refractivity (Wildman–Crippen MR) is 129 cm³/mol. The summed E-state index contributed by atoms with van der Waals surface area (Å²) in [6.07, 6.45) is 2.31. The average molecular weight is 518 g/mol. The number of likely N-dealkylation sites (tertiary alicyclic amines) is 1. The number of hydrogen-bond acceptors (Lipinski definition) is 7. The first-order valence-electron chi connectivity index (χ1n) is 12.0. The van der Waals surface area contributed by atoms with Crippen molar-refractivity contribution in [2.24, 2.45) is 11.7 Å². The number of nitrogens with zero attached hydrogens (tertiary/aromatic N) is 1. The van der Waals surface area contributed by atoms with Gasteiger partial charge in [-0.15, -0.1) is 0 Å². The molecule has 9 nitrogen and oxygen atoms in total. The van der Waals surface area contributed by atoms with Crippen LogP contribution in [0.2, 0.25) is 0 Å². The van der Waals surface area contributed by atoms with Gasteiger partial charge in [-0.25, -0.2) is 17.6 Å². The van der Waals surface area contributed by atoms with Gasteiger partial charge in [-0.05, 0) is 73.7 Å². The van der Waals surface area contributed by atoms with Gasteiger partial charge in [0.25, 0.3) is 10.0 Å². The van der Waals surface area contributed by atoms with Crippen molar-refractivity contribution >= 4 is 27.5 Å². The number of carboxylic acid groups (broad SMARTS) is 1. The van der Waals surface area contributed by atoms with Crippen LogP contribution in [0, 0.1) is 11.7 Å². The summed E-state index contributed by atoms with van der Waals surface area (Å²) in [6, 6.07) is 4.17. The molecule has 0 spiro atoms. The van der Waals surface area contributed by atoms with Gasteiger partial charge in [-0.3, -0.25) is 14.4 Å². The van der Waals surface area contributed by atoms with E-state index >= 15 is 0 Å². The summed E-state index contributed by atoms with van der Waals surface area (Å²) in [4.78, 5) is 26.9. The third kappa shape index (κ3) is 4.25. The second-order valence-electron chi connectivity index (χ2n) is 9.58. The molecule has 2 heterocycles. The number of ketones is 1. The van der Waals surface area contributed by atoms with Gasteiger partial charge in [-0.2, -0.15) is 0 Å². The molecule has 0 aromatic heterocycles. The van der Waals surface area contributed by atoms with Gasteiger partial charge in [0.05, 0.1) is 29.3 Å². The Bertz CT molecular complexity index is 1350. The van der Waals surface area contributed by atoms with E-state index in [1.54, 1.807) is 6.07 Å². The minimum Gasteiger partial charge on any atom is -0.492 e. The molecular formula is C25H28FN3O6S. The van der Waals surface area contributed by atoms with Crippen LogP contribution in [0.3, 0.4) is 0 Å². The lowest BCUT2D eigenvalue weighted by atomic mass is 9.97. The van der Waals surface area contributed by atoms with E-state index in [1.165, 1.54) is 6.07 Å². The lowest BCUT2D eigenvalue weighted by Crippen LogP contribution is -2.41. The van der Waals surface area contributed by atoms with Crippen LogP contribution in [0.25, 0.3) is 0 Å². The van der Waals surface area contributed by atoms with Crippen LogP contribution < -0.4 is 15.2 Å². The van der Waals surface area contributed by atoms with E-state index in [0.29, 0.717) is 25.5 Å². The maximum atomic E-state index is 14.2. The van der Waals surface area contributed by atoms with Gasteiger partial charge in [0.15, 0.2) is 5.78 Å². The lowest BCUT2D eigenvalue weighted by molar-refractivity contribution is -0.124. The van der Waals surface area contributed by atoms with E-state index < -0.39 is 33.9 Å². The summed E-state index contributed by atoms with van der Waals surface area (Å²) in [6.45, 7) is 3.67. The van der Waals surface area contributed by atoms with E-state index in [2.05, 4.69) is 4.72 Å². The molecule has 0 radical (unpaired) electrons. The van der Waals surface area contributed by atoms with Crippen molar-refractivity contribution in [1.82, 2.24) is 4.90 Å². The maximum Gasteiger partial charge on any atom is 0.341 e. The Labute approximate surface area is 208 Å². The molecule has 1 saturated heterocycles. The number of carboxylic acids is 1. The molecular weight excluding hydrogens is 489 g/mol. The fourth-order valence-electron chi connectivity index (χ4n) is 5.44. The molecule has 11 heteroatoms. The highest BCUT2D eigenvalue weighted by molar-refractivity contribution is 7.92. The Kier molecular flexibility index (Phi) is 6.26. The van der Waals surface area contributed by atoms with E-state index in [1.807, 2.05) is 11.8 Å². The fourth-order valence-corrected chi connectivity index (χ4v) is 6.75. The summed E-state index contributed by atoms with van der Waals surface area (Å²) >= 11 is 0. The van der Waals surface area contributed by atoms with E-state index in [4.69, 9.17) is 10.5 Å². The van der Waals surface area contributed by atoms with Gasteiger partial charge < -0.3 is 15.6 Å². The number of benzene rings is 2. The number of nitrogens with one attached hydrogen (secondary N) is 1. The number of hydrogen-bond donors (Lipinski definition) is 3. The molecule has 2 aromatic carbocycles. The second-order valence-corrected chi connectivity index (χ2v) is 11.2. The molecule has 1 aliphatic carbocycles. The van der Waals surface area contributed by atoms with Crippen molar-refractivity contribution in [2.45, 2.75) is 49.1 Å². The lowest BCUT2D eigenvalue weighted by Gasteiger charge is -2.25. The van der Waals surface area contributed by atoms with Gasteiger partial charge >= 0.3 is 5.97 Å². The molecule has 2 aliphatic heterocycles. The second kappa shape index (κ2) is 9.13. The van der Waals surface area contributed by atoms with Crippen LogP contribution >= 0.6 is 0 Å². The highest BCUT2D eigenvalue weighted by Gasteiger charge is 2.45. The third-order valence-electron chi connectivity index (χ3n) is 7.41. The Hall–Kier alpha value is -3.02. The minimum absolute atomic E-state index is 0.161. The summed E-state index contributed by atoms with van der Waals surface area (Å²) in [5.41, 5.74) is 6.35. The number of nitrogens with two attached hydrogens (primary N) is 1. The molecule has 1 saturated carbocycles. The molecule has 5 rings (SSSR count). The number of fused-ring (bicyclic) bond motifs is 3. The fraction of sp³-hybridized carbons (Fsp3) is 0.440. The zero-order chi connectivity index (χ0) is 25.8. The van der Waals surface area contributed by atoms with Crippen LogP contribution in [0.1, 0.15) is 59.6 Å². The van der Waals surface area contributed by atoms with Crippen LogP contribution in [0.15, 0.2) is 35.2 Å². The number of anilines is 1. The van der Waals surface area contributed by atoms with Gasteiger partial charge in [0, 0.05) is 5.92 Å². The molecule has 1 unspecified atom stereocenters. The number of halogens is 1. The SMILES string of the molecule is CCN1CCC[C@H]1C(=O)C(N)c1cc(F)ccc1S(=O)(=O)Nc1ccc2c(c1C(=O)O)OC[C@@H]1C[C@H]21. The number of Topliss-reactive ketones (excluding diaryl/α,β-unsaturated/α-hetero) is 1. The molecule has 2 aromatic rings. The molecule has 192 valence electrons. The predicted octanol–water partition coefficient (Wildman–Crippen LogP) is 2.87. The third-order valence-corrected chi connectivity index (χ3v) is 8.85. The molecule has 36 heavy (non-hydrogen) atoms. The average Bonchev–Trinajstić information content (AvgIpc) is 3.49. The number of likely N-dealkylation sites (N-methyl/N-ethyl adjacent to an activating group) is 1. The van der Waals surface area contributed by atoms with E-state index in [9.17, 15) is 27.5 Å². The normalized spacial score (nSPS) is 23.8. The summed E-state index contributed by atoms with van der Waals surface area (Å²) in [5.74, 6) is -1.74. The molecule has 4 atom stereocenters. The van der Waals surface area contributed by atoms with Crippen molar-refractivity contribution in [3.05, 3.63) is 52.8 Å². The maximum absolute atomic E-state index is 14.2. The Morgan fingerprint density at radius 3 is 2.81 bits per heavy atom. The van der Waals surface area contributed by atoms with Crippen LogP contribution in [0.5, 0.6) is 5.75 Å². The highest BCUT2D eigenvalue weighted by atomic mass is 32.2. The number of aromatic carboxylic acids is 1. The van der Waals surface area contributed by atoms with Crippen molar-refractivity contribution < 1.29 is 32.2 Å². The monoisotopic (exact) mass is 517 g/mol. The van der Waals surface area contributed by atoms with Gasteiger partial charge in [0.1, 0.15) is 17.1 Å². The van der Waals surface area contributed by atoms with Gasteiger partial charge in [0.2, 0.25) is 0 Å². The van der Waals surface area contributed by atoms with Crippen molar-refractivity contribution in [3.8, 4) is 5.75 Å². The number of carbonyl (C=O) groups is 2. The zero-order valence-electron chi connectivity index (χ0n) is 19.7. The first-order valence-corrected chi connectivity index (χ1v) is 13.5. The molecule has 0 amide bonds. The highest BCUT2D eigenvalue weighted by Crippen LogP contribution is 2.55. The standard InChI is InChI=1S/C25H28FN3O6S/c1-2-29-9-3-4-19(29)23(30)22(27)17-11-14(26)5-8-20(17)36(33,34)28-18-7-6-15-16-10-13(16)12-35-24(15)21(18)25(31)32/h5-8,11,13,16,19,22,28H,2-4,9-10,12,27H2,1H3,(H,31,32)/t13-,16-,19-,22?/m0/s1. The summed E-state index contributed by atoms with van der Waals surface area (Å²) in [5, 5.41) is 9.88. The Morgan fingerprint density at radius 2 is 2.08 bits per heavy atom. The zero-order valence-corrected chi connectivity index (χ0v) is 20.6. The number of sulfonamides is 1. The Morgan fingerprint density at radius 1 is 1.31 bits per heavy atom. The van der Waals surface area contributed by atoms with Crippen LogP contribution in [-0.2, 0) is 14.8 Å². The van der Waals surface area contributed by atoms with Crippen LogP contribution in [-0.4, -0.2) is 55.9 Å². The van der Waals surface area contributed by atoms with Crippen LogP contribution in [0.4, 0.5) is 10.1 Å². The van der Waals surface area contributed by atoms with E-state index in [-0.39, 0.29) is 39.2 Å². The number of ether oxygens (including phenoxy) is 1. The topological polar surface area (TPSA) is 139 Å². The van der Waals surface area contributed by atoms with Crippen molar-refractivity contribution in [3.63, 3.8) is 0 Å². The quantitative estimate of drug-likeness (QED) is 0.486. The summed E-state index contributed by atoms with van der Waals surface area (Å²) < 4.78 is 49.2. The number of carbonyl (C=O) groups excluding carboxylic acids is 1. The molecule has 3 aliphatic rings. The minimum atomic E-state index is -4.45. The first kappa shape index (κ1) is 24.7. The van der Waals surface area contributed by atoms with E-state index in [0.717, 1.165) is 43.1 Å². The summed E-state index contributed by atoms with van der Waals surface area (Å²) in [7, 11) is -4.45. The largest absolute Gasteiger partial charge is 0.492 e.